The van der Waals surface area contributed by atoms with Crippen LogP contribution in [0.4, 0.5) is 13.2 Å². The third-order valence-electron chi connectivity index (χ3n) is 6.01. The molecule has 0 spiro atoms. The quantitative estimate of drug-likeness (QED) is 0.305. The van der Waals surface area contributed by atoms with Gasteiger partial charge in [0.1, 0.15) is 5.75 Å². The number of carbonyl (C=O) groups is 1. The lowest BCUT2D eigenvalue weighted by Gasteiger charge is -2.37. The van der Waals surface area contributed by atoms with Gasteiger partial charge in [-0.25, -0.2) is 14.6 Å². The lowest BCUT2D eigenvalue weighted by Crippen LogP contribution is -2.46. The first-order valence-corrected chi connectivity index (χ1v) is 11.2. The Labute approximate surface area is 216 Å². The number of pyridine rings is 1. The zero-order valence-corrected chi connectivity index (χ0v) is 20.5. The smallest absolute Gasteiger partial charge is 0.422 e. The molecule has 8 nitrogen and oxygen atoms in total. The van der Waals surface area contributed by atoms with Crippen molar-refractivity contribution in [1.29, 1.82) is 0 Å². The first kappa shape index (κ1) is 26.5. The van der Waals surface area contributed by atoms with Gasteiger partial charge in [0.05, 0.1) is 16.1 Å². The molecule has 4 rings (SSSR count). The second-order valence-corrected chi connectivity index (χ2v) is 9.00. The fraction of sp³-hybridized carbons (Fsp3) is 0.208. The topological polar surface area (TPSA) is 115 Å². The van der Waals surface area contributed by atoms with Crippen molar-refractivity contribution in [2.24, 2.45) is 7.05 Å². The highest BCUT2D eigenvalue weighted by atomic mass is 35.5. The summed E-state index contributed by atoms with van der Waals surface area (Å²) in [6.07, 6.45) is -4.14. The van der Waals surface area contributed by atoms with E-state index >= 15 is 0 Å². The van der Waals surface area contributed by atoms with Gasteiger partial charge in [0.15, 0.2) is 11.2 Å². The summed E-state index contributed by atoms with van der Waals surface area (Å²) in [5.74, 6) is -3.63. The molecular weight excluding hydrogens is 540 g/mol. The molecule has 13 heteroatoms. The number of carboxylic acids is 1. The predicted molar refractivity (Wildman–Crippen MR) is 128 cm³/mol. The molecule has 0 radical (unpaired) electrons. The van der Waals surface area contributed by atoms with Crippen molar-refractivity contribution in [3.63, 3.8) is 0 Å². The lowest BCUT2D eigenvalue weighted by atomic mass is 9.77. The first-order valence-electron chi connectivity index (χ1n) is 10.5. The number of aliphatic hydroxyl groups is 1. The Balaban J connectivity index is 1.71. The minimum atomic E-state index is -5.13. The Bertz CT molecular complexity index is 1580. The highest BCUT2D eigenvalue weighted by Gasteiger charge is 2.59. The number of ether oxygens (including phenoxy) is 1. The molecule has 0 saturated carbocycles. The van der Waals surface area contributed by atoms with E-state index in [1.165, 1.54) is 38.2 Å². The zero-order chi connectivity index (χ0) is 27.3. The molecule has 2 aromatic carbocycles. The number of hydrogen-bond acceptors (Lipinski definition) is 6. The fourth-order valence-corrected chi connectivity index (χ4v) is 4.47. The maximum absolute atomic E-state index is 14.4. The van der Waals surface area contributed by atoms with Gasteiger partial charge < -0.3 is 19.4 Å². The second kappa shape index (κ2) is 9.40. The molecule has 4 aromatic rings. The molecule has 194 valence electrons. The number of oxazole rings is 1. The third-order valence-corrected chi connectivity index (χ3v) is 6.65. The molecule has 0 bridgehead atoms. The molecule has 0 saturated heterocycles. The van der Waals surface area contributed by atoms with Crippen molar-refractivity contribution < 1.29 is 37.3 Å². The van der Waals surface area contributed by atoms with Gasteiger partial charge in [-0.05, 0) is 35.4 Å². The molecule has 2 aromatic heterocycles. The molecule has 2 N–H and O–H groups in total. The molecule has 2 heterocycles. The normalized spacial score (nSPS) is 14.4. The summed E-state index contributed by atoms with van der Waals surface area (Å²) in [5, 5.41) is 19.9. The van der Waals surface area contributed by atoms with Crippen LogP contribution in [0.5, 0.6) is 11.6 Å². The van der Waals surface area contributed by atoms with Crippen LogP contribution < -0.4 is 10.5 Å². The van der Waals surface area contributed by atoms with E-state index in [0.717, 1.165) is 29.0 Å². The van der Waals surface area contributed by atoms with E-state index in [9.17, 15) is 27.9 Å². The Morgan fingerprint density at radius 3 is 2.43 bits per heavy atom. The number of aromatic nitrogens is 2. The van der Waals surface area contributed by atoms with E-state index < -0.39 is 35.0 Å². The summed E-state index contributed by atoms with van der Waals surface area (Å²) < 4.78 is 54.7. The standard InChI is InChI=1S/C24H17Cl2F3N2O6/c1-11(23(35,24(27,28)29)12-3-6-19-18(7-12)31(2)22(34)37-19)14-5-4-13(8-16(14)25)36-20-9-17(26)15(10-30-20)21(32)33/h3-11,35H,1-2H3,(H,32,33)/t11-,23-/m1/s1. The first-order chi connectivity index (χ1) is 17.2. The monoisotopic (exact) mass is 556 g/mol. The van der Waals surface area contributed by atoms with Crippen molar-refractivity contribution >= 4 is 40.3 Å². The van der Waals surface area contributed by atoms with Gasteiger partial charge in [0, 0.05) is 30.3 Å². The van der Waals surface area contributed by atoms with Gasteiger partial charge in [0.25, 0.3) is 0 Å². The number of nitrogens with zero attached hydrogens (tertiary/aromatic N) is 2. The number of benzene rings is 2. The van der Waals surface area contributed by atoms with E-state index in [2.05, 4.69) is 4.98 Å². The second-order valence-electron chi connectivity index (χ2n) is 8.19. The molecule has 2 atom stereocenters. The number of aryl methyl sites for hydroxylation is 1. The number of aromatic carboxylic acids is 1. The molecule has 0 fully saturated rings. The van der Waals surface area contributed by atoms with E-state index in [0.29, 0.717) is 0 Å². The summed E-state index contributed by atoms with van der Waals surface area (Å²) in [6, 6.07) is 8.24. The largest absolute Gasteiger partial charge is 0.478 e. The summed E-state index contributed by atoms with van der Waals surface area (Å²) in [5.41, 5.74) is -4.03. The van der Waals surface area contributed by atoms with E-state index in [-0.39, 0.29) is 43.9 Å². The summed E-state index contributed by atoms with van der Waals surface area (Å²) >= 11 is 12.2. The van der Waals surface area contributed by atoms with Crippen LogP contribution in [0, 0.1) is 0 Å². The highest BCUT2D eigenvalue weighted by molar-refractivity contribution is 6.33. The van der Waals surface area contributed by atoms with Crippen molar-refractivity contribution in [3.05, 3.63) is 85.9 Å². The van der Waals surface area contributed by atoms with Crippen molar-refractivity contribution in [3.8, 4) is 11.6 Å². The van der Waals surface area contributed by atoms with Crippen molar-refractivity contribution in [2.45, 2.75) is 24.6 Å². The van der Waals surface area contributed by atoms with E-state index in [4.69, 9.17) is 37.5 Å². The van der Waals surface area contributed by atoms with Crippen LogP contribution in [0.15, 0.2) is 57.9 Å². The lowest BCUT2D eigenvalue weighted by molar-refractivity contribution is -0.274. The van der Waals surface area contributed by atoms with Gasteiger partial charge in [-0.15, -0.1) is 0 Å². The van der Waals surface area contributed by atoms with Gasteiger partial charge in [-0.1, -0.05) is 42.3 Å². The highest BCUT2D eigenvalue weighted by Crippen LogP contribution is 2.50. The average Bonchev–Trinajstić information content (AvgIpc) is 3.10. The minimum absolute atomic E-state index is 0.0396. The molecule has 0 aliphatic heterocycles. The molecular formula is C24H17Cl2F3N2O6. The Morgan fingerprint density at radius 1 is 1.14 bits per heavy atom. The molecule has 0 aliphatic rings. The number of halogens is 5. The van der Waals surface area contributed by atoms with Crippen LogP contribution in [0.25, 0.3) is 11.1 Å². The maximum Gasteiger partial charge on any atom is 0.422 e. The van der Waals surface area contributed by atoms with E-state index in [1.807, 2.05) is 0 Å². The summed E-state index contributed by atoms with van der Waals surface area (Å²) in [4.78, 5) is 26.7. The van der Waals surface area contributed by atoms with Gasteiger partial charge in [-0.2, -0.15) is 13.2 Å². The van der Waals surface area contributed by atoms with Gasteiger partial charge in [-0.3, -0.25) is 4.57 Å². The maximum atomic E-state index is 14.4. The molecule has 0 amide bonds. The number of carboxylic acid groups (broad SMARTS) is 1. The van der Waals surface area contributed by atoms with Gasteiger partial charge >= 0.3 is 17.9 Å². The van der Waals surface area contributed by atoms with Crippen molar-refractivity contribution in [1.82, 2.24) is 9.55 Å². The Kier molecular flexibility index (Phi) is 6.74. The van der Waals surface area contributed by atoms with E-state index in [1.54, 1.807) is 0 Å². The number of rotatable bonds is 6. The Morgan fingerprint density at radius 2 is 1.84 bits per heavy atom. The number of hydrogen-bond donors (Lipinski definition) is 2. The molecule has 0 aliphatic carbocycles. The van der Waals surface area contributed by atoms with Crippen LogP contribution in [0.3, 0.4) is 0 Å². The average molecular weight is 557 g/mol. The SMILES string of the molecule is C[C@H](c1ccc(Oc2cc(Cl)c(C(=O)O)cn2)cc1Cl)[C@@](O)(c1ccc2oc(=O)n(C)c2c1)C(F)(F)F. The minimum Gasteiger partial charge on any atom is -0.478 e. The number of alkyl halides is 3. The molecule has 37 heavy (non-hydrogen) atoms. The van der Waals surface area contributed by atoms with Crippen LogP contribution in [0.1, 0.15) is 34.3 Å². The molecule has 0 unspecified atom stereocenters. The van der Waals surface area contributed by atoms with Crippen LogP contribution in [-0.4, -0.2) is 31.9 Å². The predicted octanol–water partition coefficient (Wildman–Crippen LogP) is 5.88. The van der Waals surface area contributed by atoms with Crippen molar-refractivity contribution in [2.75, 3.05) is 0 Å². The zero-order valence-electron chi connectivity index (χ0n) is 19.0. The number of fused-ring (bicyclic) bond motifs is 1. The summed E-state index contributed by atoms with van der Waals surface area (Å²) in [7, 11) is 1.33. The fourth-order valence-electron chi connectivity index (χ4n) is 3.92. The van der Waals surface area contributed by atoms with Gasteiger partial charge in [0.2, 0.25) is 5.88 Å². The summed E-state index contributed by atoms with van der Waals surface area (Å²) in [6.45, 7) is 1.17. The van der Waals surface area contributed by atoms with Crippen LogP contribution in [-0.2, 0) is 12.6 Å². The van der Waals surface area contributed by atoms with Crippen LogP contribution >= 0.6 is 23.2 Å². The Hall–Kier alpha value is -3.54. The third kappa shape index (κ3) is 4.65. The van der Waals surface area contributed by atoms with Crippen LogP contribution in [0.2, 0.25) is 10.0 Å².